The minimum atomic E-state index is -3.90. The summed E-state index contributed by atoms with van der Waals surface area (Å²) < 4.78 is 33.9. The summed E-state index contributed by atoms with van der Waals surface area (Å²) in [7, 11) is -2.64. The van der Waals surface area contributed by atoms with Crippen LogP contribution in [0.25, 0.3) is 0 Å². The van der Waals surface area contributed by atoms with E-state index >= 15 is 0 Å². The van der Waals surface area contributed by atoms with Crippen molar-refractivity contribution in [1.29, 1.82) is 0 Å². The Labute approximate surface area is 286 Å². The van der Waals surface area contributed by atoms with Gasteiger partial charge in [0.25, 0.3) is 0 Å². The van der Waals surface area contributed by atoms with Crippen LogP contribution < -0.4 is 16.4 Å². The zero-order chi connectivity index (χ0) is 35.3. The van der Waals surface area contributed by atoms with Crippen LogP contribution in [0.1, 0.15) is 70.4 Å². The van der Waals surface area contributed by atoms with E-state index in [0.29, 0.717) is 31.4 Å². The largest absolute Gasteiger partial charge is 0.453 e. The van der Waals surface area contributed by atoms with Gasteiger partial charge in [-0.25, -0.2) is 13.2 Å². The summed E-state index contributed by atoms with van der Waals surface area (Å²) in [6.45, 7) is 7.99. The van der Waals surface area contributed by atoms with Crippen molar-refractivity contribution in [3.8, 4) is 0 Å². The minimum Gasteiger partial charge on any atom is -0.453 e. The van der Waals surface area contributed by atoms with Crippen molar-refractivity contribution in [3.05, 3.63) is 96.1 Å². The van der Waals surface area contributed by atoms with Gasteiger partial charge in [-0.2, -0.15) is 4.31 Å². The van der Waals surface area contributed by atoms with Crippen LogP contribution in [0.15, 0.2) is 89.8 Å². The molecule has 0 aliphatic carbocycles. The molecular formula is C37H52N4O6S. The maximum Gasteiger partial charge on any atom is 0.407 e. The molecule has 0 aliphatic rings. The first-order chi connectivity index (χ1) is 22.9. The molecule has 11 heteroatoms. The topological polar surface area (TPSA) is 151 Å². The quantitative estimate of drug-likeness (QED) is 0.129. The molecule has 0 heterocycles. The number of aliphatic hydroxyl groups is 1. The number of nitrogens with one attached hydrogen (secondary N) is 2. The number of nitrogens with zero attached hydrogens (tertiary/aromatic N) is 1. The molecule has 0 saturated carbocycles. The molecule has 0 saturated heterocycles. The highest BCUT2D eigenvalue weighted by Gasteiger charge is 2.35. The molecule has 3 aromatic rings. The number of carbonyl (C=O) groups is 2. The summed E-state index contributed by atoms with van der Waals surface area (Å²) in [6, 6.07) is 23.2. The number of ether oxygens (including phenoxy) is 1. The normalized spacial score (nSPS) is 13.8. The standard InChI is InChI=1S/C37H52N4O6S/c1-26(2)23-24-41(48(45,46)32-21-19-30(38)20-22-32)31(25-42)17-12-18-33(27(3)4)39-36(43)35(40-37(44)47-5)34(28-13-8-6-9-14-28)29-15-10-7-11-16-29/h6-11,13-16,19-22,26-27,31,33-35,42H,12,17-18,23-25,38H2,1-5H3,(H,39,43)(H,40,44)/t31-,33-,35-/m0/s1. The molecular weight excluding hydrogens is 628 g/mol. The summed E-state index contributed by atoms with van der Waals surface area (Å²) in [4.78, 5) is 26.8. The average molecular weight is 681 g/mol. The van der Waals surface area contributed by atoms with Gasteiger partial charge in [-0.05, 0) is 72.9 Å². The van der Waals surface area contributed by atoms with Gasteiger partial charge in [-0.3, -0.25) is 4.79 Å². The third kappa shape index (κ3) is 10.8. The van der Waals surface area contributed by atoms with Gasteiger partial charge in [-0.15, -0.1) is 0 Å². The average Bonchev–Trinajstić information content (AvgIpc) is 3.07. The van der Waals surface area contributed by atoms with E-state index in [2.05, 4.69) is 10.6 Å². The number of rotatable bonds is 18. The summed E-state index contributed by atoms with van der Waals surface area (Å²) in [5.74, 6) is -0.565. The molecule has 0 unspecified atom stereocenters. The Morgan fingerprint density at radius 3 is 1.88 bits per heavy atom. The van der Waals surface area contributed by atoms with Crippen molar-refractivity contribution >= 4 is 27.7 Å². The van der Waals surface area contributed by atoms with E-state index in [1.807, 2.05) is 88.4 Å². The van der Waals surface area contributed by atoms with Crippen molar-refractivity contribution in [2.45, 2.75) is 82.3 Å². The number of aliphatic hydroxyl groups excluding tert-OH is 1. The second-order valence-corrected chi connectivity index (χ2v) is 14.8. The molecule has 3 rings (SSSR count). The predicted octanol–water partition coefficient (Wildman–Crippen LogP) is 5.53. The van der Waals surface area contributed by atoms with Crippen LogP contribution >= 0.6 is 0 Å². The van der Waals surface area contributed by atoms with Gasteiger partial charge >= 0.3 is 6.09 Å². The predicted molar refractivity (Wildman–Crippen MR) is 190 cm³/mol. The van der Waals surface area contributed by atoms with E-state index in [9.17, 15) is 23.1 Å². The lowest BCUT2D eigenvalue weighted by Gasteiger charge is -2.32. The van der Waals surface area contributed by atoms with E-state index in [-0.39, 0.29) is 41.8 Å². The molecule has 48 heavy (non-hydrogen) atoms. The van der Waals surface area contributed by atoms with Gasteiger partial charge < -0.3 is 26.2 Å². The highest BCUT2D eigenvalue weighted by Crippen LogP contribution is 2.29. The van der Waals surface area contributed by atoms with E-state index < -0.39 is 34.1 Å². The van der Waals surface area contributed by atoms with Crippen molar-refractivity contribution in [2.75, 3.05) is 26.0 Å². The second kappa shape index (κ2) is 18.6. The van der Waals surface area contributed by atoms with Gasteiger partial charge in [0.05, 0.1) is 18.6 Å². The number of hydrogen-bond acceptors (Lipinski definition) is 7. The van der Waals surface area contributed by atoms with Gasteiger partial charge in [0.2, 0.25) is 15.9 Å². The Morgan fingerprint density at radius 1 is 0.833 bits per heavy atom. The number of nitrogen functional groups attached to an aromatic ring is 1. The lowest BCUT2D eigenvalue weighted by atomic mass is 9.84. The number of hydrogen-bond donors (Lipinski definition) is 4. The third-order valence-corrected chi connectivity index (χ3v) is 10.6. The highest BCUT2D eigenvalue weighted by atomic mass is 32.2. The maximum absolute atomic E-state index is 14.1. The number of carbonyl (C=O) groups excluding carboxylic acids is 2. The maximum atomic E-state index is 14.1. The third-order valence-electron chi connectivity index (χ3n) is 8.61. The van der Waals surface area contributed by atoms with Crippen LogP contribution in [0.3, 0.4) is 0 Å². The SMILES string of the molecule is COC(=O)N[C@H](C(=O)N[C@@H](CCC[C@@H](CO)N(CCC(C)C)S(=O)(=O)c1ccc(N)cc1)C(C)C)C(c1ccccc1)c1ccccc1. The molecule has 0 bridgehead atoms. The Kier molecular flexibility index (Phi) is 14.9. The zero-order valence-corrected chi connectivity index (χ0v) is 29.5. The molecule has 3 atom stereocenters. The summed E-state index contributed by atoms with van der Waals surface area (Å²) in [5, 5.41) is 16.4. The zero-order valence-electron chi connectivity index (χ0n) is 28.7. The molecule has 0 fully saturated rings. The van der Waals surface area contributed by atoms with Crippen LogP contribution in [0.4, 0.5) is 10.5 Å². The van der Waals surface area contributed by atoms with Gasteiger partial charge in [0, 0.05) is 30.2 Å². The van der Waals surface area contributed by atoms with Crippen molar-refractivity contribution in [2.24, 2.45) is 11.8 Å². The monoisotopic (exact) mass is 680 g/mol. The van der Waals surface area contributed by atoms with Crippen LogP contribution in [-0.4, -0.2) is 68.2 Å². The van der Waals surface area contributed by atoms with Gasteiger partial charge in [-0.1, -0.05) is 88.4 Å². The first-order valence-electron chi connectivity index (χ1n) is 16.6. The molecule has 0 aromatic heterocycles. The number of amides is 2. The molecule has 0 spiro atoms. The molecule has 2 amide bonds. The highest BCUT2D eigenvalue weighted by molar-refractivity contribution is 7.89. The fraction of sp³-hybridized carbons (Fsp3) is 0.459. The van der Waals surface area contributed by atoms with Crippen LogP contribution in [0.5, 0.6) is 0 Å². The number of nitrogens with two attached hydrogens (primary N) is 1. The Hall–Kier alpha value is -3.93. The molecule has 3 aromatic carbocycles. The second-order valence-electron chi connectivity index (χ2n) is 12.9. The smallest absolute Gasteiger partial charge is 0.407 e. The number of anilines is 1. The van der Waals surface area contributed by atoms with Gasteiger partial charge in [0.15, 0.2) is 0 Å². The fourth-order valence-electron chi connectivity index (χ4n) is 5.79. The Balaban J connectivity index is 1.83. The molecule has 5 N–H and O–H groups in total. The lowest BCUT2D eigenvalue weighted by Crippen LogP contribution is -2.53. The van der Waals surface area contributed by atoms with Crippen molar-refractivity contribution < 1.29 is 27.9 Å². The van der Waals surface area contributed by atoms with Crippen LogP contribution in [0, 0.1) is 11.8 Å². The molecule has 0 aliphatic heterocycles. The minimum absolute atomic E-state index is 0.0303. The first kappa shape index (κ1) is 38.5. The first-order valence-corrected chi connectivity index (χ1v) is 18.1. The summed E-state index contributed by atoms with van der Waals surface area (Å²) in [6.07, 6.45) is 1.38. The molecule has 10 nitrogen and oxygen atoms in total. The number of alkyl carbamates (subject to hydrolysis) is 1. The lowest BCUT2D eigenvalue weighted by molar-refractivity contribution is -0.124. The molecule has 0 radical (unpaired) electrons. The van der Waals surface area contributed by atoms with E-state index in [0.717, 1.165) is 11.1 Å². The van der Waals surface area contributed by atoms with Crippen LogP contribution in [0.2, 0.25) is 0 Å². The van der Waals surface area contributed by atoms with Crippen molar-refractivity contribution in [1.82, 2.24) is 14.9 Å². The van der Waals surface area contributed by atoms with E-state index in [1.165, 1.54) is 23.5 Å². The van der Waals surface area contributed by atoms with Crippen molar-refractivity contribution in [3.63, 3.8) is 0 Å². The Morgan fingerprint density at radius 2 is 1.40 bits per heavy atom. The number of benzene rings is 3. The summed E-state index contributed by atoms with van der Waals surface area (Å²) >= 11 is 0. The van der Waals surface area contributed by atoms with E-state index in [1.54, 1.807) is 12.1 Å². The number of sulfonamides is 1. The Bertz CT molecular complexity index is 1480. The number of methoxy groups -OCH3 is 1. The summed E-state index contributed by atoms with van der Waals surface area (Å²) in [5.41, 5.74) is 7.98. The fourth-order valence-corrected chi connectivity index (χ4v) is 7.45. The van der Waals surface area contributed by atoms with E-state index in [4.69, 9.17) is 10.5 Å². The van der Waals surface area contributed by atoms with Crippen LogP contribution in [-0.2, 0) is 19.6 Å². The molecule has 262 valence electrons. The van der Waals surface area contributed by atoms with Gasteiger partial charge in [0.1, 0.15) is 6.04 Å².